The zero-order valence-corrected chi connectivity index (χ0v) is 14.0. The van der Waals surface area contributed by atoms with Gasteiger partial charge in [0.05, 0.1) is 15.8 Å². The van der Waals surface area contributed by atoms with Crippen LogP contribution >= 0.6 is 27.3 Å². The molecule has 1 aromatic heterocycles. The minimum Gasteiger partial charge on any atom is -0.497 e. The highest BCUT2D eigenvalue weighted by atomic mass is 79.9. The summed E-state index contributed by atoms with van der Waals surface area (Å²) in [5.74, 6) is 0.880. The Morgan fingerprint density at radius 1 is 1.10 bits per heavy atom. The van der Waals surface area contributed by atoms with E-state index >= 15 is 0 Å². The first-order chi connectivity index (χ1) is 10.1. The molecule has 0 N–H and O–H groups in total. The first-order valence-corrected chi connectivity index (χ1v) is 8.08. The number of methoxy groups -OCH3 is 1. The molecule has 0 spiro atoms. The van der Waals surface area contributed by atoms with Crippen molar-refractivity contribution in [1.82, 2.24) is 0 Å². The first kappa shape index (κ1) is 14.3. The maximum Gasteiger partial charge on any atom is 0.203 e. The first-order valence-electron chi connectivity index (χ1n) is 6.47. The lowest BCUT2D eigenvalue weighted by Crippen LogP contribution is -1.98. The summed E-state index contributed by atoms with van der Waals surface area (Å²) >= 11 is 4.94. The van der Waals surface area contributed by atoms with E-state index < -0.39 is 0 Å². The molecule has 0 fully saturated rings. The number of hydrogen-bond acceptors (Lipinski definition) is 3. The number of hydrogen-bond donors (Lipinski definition) is 0. The molecular weight excluding hydrogens is 348 g/mol. The molecule has 21 heavy (non-hydrogen) atoms. The molecule has 0 amide bonds. The topological polar surface area (TPSA) is 26.3 Å². The van der Waals surface area contributed by atoms with Gasteiger partial charge >= 0.3 is 0 Å². The van der Waals surface area contributed by atoms with Crippen LogP contribution in [-0.2, 0) is 0 Å². The lowest BCUT2D eigenvalue weighted by molar-refractivity contribution is 0.104. The normalized spacial score (nSPS) is 10.8. The predicted molar refractivity (Wildman–Crippen MR) is 90.7 cm³/mol. The largest absolute Gasteiger partial charge is 0.497 e. The van der Waals surface area contributed by atoms with Crippen LogP contribution in [0.15, 0.2) is 46.3 Å². The van der Waals surface area contributed by atoms with Gasteiger partial charge in [-0.05, 0) is 63.5 Å². The minimum atomic E-state index is 0.0616. The molecule has 0 aliphatic rings. The number of rotatable bonds is 3. The number of carbonyl (C=O) groups is 1. The fourth-order valence-electron chi connectivity index (χ4n) is 2.21. The monoisotopic (exact) mass is 360 g/mol. The van der Waals surface area contributed by atoms with E-state index in [1.165, 1.54) is 11.3 Å². The van der Waals surface area contributed by atoms with Crippen LogP contribution in [0.4, 0.5) is 0 Å². The number of fused-ring (bicyclic) bond motifs is 1. The maximum absolute atomic E-state index is 12.5. The number of ether oxygens (including phenoxy) is 1. The lowest BCUT2D eigenvalue weighted by Gasteiger charge is -2.04. The van der Waals surface area contributed by atoms with Crippen LogP contribution in [0.5, 0.6) is 5.75 Å². The van der Waals surface area contributed by atoms with Crippen LogP contribution in [0, 0.1) is 6.92 Å². The fourth-order valence-corrected chi connectivity index (χ4v) is 3.70. The third-order valence-corrected chi connectivity index (χ3v) is 5.53. The Kier molecular flexibility index (Phi) is 3.83. The third kappa shape index (κ3) is 2.74. The van der Waals surface area contributed by atoms with Gasteiger partial charge in [0.1, 0.15) is 5.75 Å². The number of ketones is 1. The van der Waals surface area contributed by atoms with E-state index in [0.29, 0.717) is 5.56 Å². The molecule has 0 atom stereocenters. The van der Waals surface area contributed by atoms with Crippen molar-refractivity contribution in [2.45, 2.75) is 6.92 Å². The molecule has 0 aliphatic heterocycles. The molecule has 2 nitrogen and oxygen atoms in total. The highest BCUT2D eigenvalue weighted by molar-refractivity contribution is 9.11. The minimum absolute atomic E-state index is 0.0616. The Morgan fingerprint density at radius 2 is 1.81 bits per heavy atom. The van der Waals surface area contributed by atoms with Crippen LogP contribution in [0.1, 0.15) is 20.8 Å². The molecule has 3 rings (SSSR count). The number of benzene rings is 2. The molecule has 0 saturated heterocycles. The van der Waals surface area contributed by atoms with Crippen molar-refractivity contribution in [1.29, 1.82) is 0 Å². The molecule has 0 radical (unpaired) electrons. The molecular formula is C17H13BrO2S. The van der Waals surface area contributed by atoms with Gasteiger partial charge < -0.3 is 4.74 Å². The standard InChI is InChI=1S/C17H13BrO2S/c1-10-7-15(21-17(10)18)16(19)13-4-3-12-9-14(20-2)6-5-11(12)8-13/h3-9H,1-2H3. The van der Waals surface area contributed by atoms with Gasteiger partial charge in [0.15, 0.2) is 0 Å². The number of carbonyl (C=O) groups excluding carboxylic acids is 1. The zero-order chi connectivity index (χ0) is 15.0. The van der Waals surface area contributed by atoms with Gasteiger partial charge in [0.2, 0.25) is 5.78 Å². The summed E-state index contributed by atoms with van der Waals surface area (Å²) in [5, 5.41) is 2.10. The average molecular weight is 361 g/mol. The maximum atomic E-state index is 12.5. The second kappa shape index (κ2) is 5.62. The van der Waals surface area contributed by atoms with E-state index in [1.54, 1.807) is 7.11 Å². The Bertz CT molecular complexity index is 816. The van der Waals surface area contributed by atoms with Crippen molar-refractivity contribution >= 4 is 43.8 Å². The summed E-state index contributed by atoms with van der Waals surface area (Å²) < 4.78 is 6.23. The molecule has 1 heterocycles. The summed E-state index contributed by atoms with van der Waals surface area (Å²) in [6, 6.07) is 13.5. The lowest BCUT2D eigenvalue weighted by atomic mass is 10.0. The average Bonchev–Trinajstić information content (AvgIpc) is 2.85. The van der Waals surface area contributed by atoms with Crippen molar-refractivity contribution in [2.24, 2.45) is 0 Å². The molecule has 2 aromatic carbocycles. The Balaban J connectivity index is 2.02. The van der Waals surface area contributed by atoms with E-state index in [9.17, 15) is 4.79 Å². The predicted octanol–water partition coefficient (Wildman–Crippen LogP) is 5.21. The van der Waals surface area contributed by atoms with Crippen LogP contribution in [-0.4, -0.2) is 12.9 Å². The van der Waals surface area contributed by atoms with Gasteiger partial charge in [-0.25, -0.2) is 0 Å². The molecule has 0 aliphatic carbocycles. The summed E-state index contributed by atoms with van der Waals surface area (Å²) in [7, 11) is 1.65. The summed E-state index contributed by atoms with van der Waals surface area (Å²) in [6.45, 7) is 1.99. The third-order valence-electron chi connectivity index (χ3n) is 3.39. The van der Waals surface area contributed by atoms with Crippen LogP contribution in [0.25, 0.3) is 10.8 Å². The SMILES string of the molecule is COc1ccc2cc(C(=O)c3cc(C)c(Br)s3)ccc2c1. The molecule has 0 bridgehead atoms. The Morgan fingerprint density at radius 3 is 2.48 bits per heavy atom. The van der Waals surface area contributed by atoms with Gasteiger partial charge in [0, 0.05) is 5.56 Å². The van der Waals surface area contributed by atoms with Crippen molar-refractivity contribution in [3.63, 3.8) is 0 Å². The number of halogens is 1. The Labute approximate surface area is 135 Å². The summed E-state index contributed by atoms with van der Waals surface area (Å²) in [6.07, 6.45) is 0. The summed E-state index contributed by atoms with van der Waals surface area (Å²) in [5.41, 5.74) is 1.80. The zero-order valence-electron chi connectivity index (χ0n) is 11.6. The van der Waals surface area contributed by atoms with Crippen LogP contribution in [0.3, 0.4) is 0 Å². The van der Waals surface area contributed by atoms with Gasteiger partial charge in [-0.15, -0.1) is 11.3 Å². The molecule has 3 aromatic rings. The van der Waals surface area contributed by atoms with Crippen molar-refractivity contribution in [2.75, 3.05) is 7.11 Å². The number of aryl methyl sites for hydroxylation is 1. The smallest absolute Gasteiger partial charge is 0.203 e. The van der Waals surface area contributed by atoms with E-state index in [4.69, 9.17) is 4.74 Å². The van der Waals surface area contributed by atoms with Crippen LogP contribution < -0.4 is 4.74 Å². The molecule has 0 unspecified atom stereocenters. The quantitative estimate of drug-likeness (QED) is 0.599. The van der Waals surface area contributed by atoms with Gasteiger partial charge in [-0.3, -0.25) is 4.79 Å². The highest BCUT2D eigenvalue weighted by Crippen LogP contribution is 2.30. The van der Waals surface area contributed by atoms with Crippen molar-refractivity contribution in [3.8, 4) is 5.75 Å². The highest BCUT2D eigenvalue weighted by Gasteiger charge is 2.14. The van der Waals surface area contributed by atoms with Gasteiger partial charge in [-0.2, -0.15) is 0 Å². The van der Waals surface area contributed by atoms with Gasteiger partial charge in [-0.1, -0.05) is 18.2 Å². The van der Waals surface area contributed by atoms with Crippen LogP contribution in [0.2, 0.25) is 0 Å². The molecule has 4 heteroatoms. The van der Waals surface area contributed by atoms with Gasteiger partial charge in [0.25, 0.3) is 0 Å². The van der Waals surface area contributed by atoms with Crippen molar-refractivity contribution < 1.29 is 9.53 Å². The summed E-state index contributed by atoms with van der Waals surface area (Å²) in [4.78, 5) is 13.3. The second-order valence-corrected chi connectivity index (χ2v) is 7.19. The van der Waals surface area contributed by atoms with E-state index in [-0.39, 0.29) is 5.78 Å². The van der Waals surface area contributed by atoms with Crippen molar-refractivity contribution in [3.05, 3.63) is 62.3 Å². The molecule has 0 saturated carbocycles. The fraction of sp³-hybridized carbons (Fsp3) is 0.118. The second-order valence-electron chi connectivity index (χ2n) is 4.82. The molecule has 106 valence electrons. The van der Waals surface area contributed by atoms with E-state index in [1.807, 2.05) is 49.4 Å². The Hall–Kier alpha value is -1.65. The van der Waals surface area contributed by atoms with E-state index in [2.05, 4.69) is 15.9 Å². The number of thiophene rings is 1. The van der Waals surface area contributed by atoms with E-state index in [0.717, 1.165) is 30.7 Å².